The van der Waals surface area contributed by atoms with E-state index in [-0.39, 0.29) is 34.0 Å². The number of anilines is 2. The number of nitrogens with zero attached hydrogens (tertiary/aromatic N) is 4. The molecule has 0 spiro atoms. The number of phenolic OH excluding ortho intramolecular Hbond substituents is 2. The first-order valence-corrected chi connectivity index (χ1v) is 19.5. The van der Waals surface area contributed by atoms with E-state index in [0.29, 0.717) is 54.3 Å². The number of aryl methyl sites for hydroxylation is 2. The van der Waals surface area contributed by atoms with E-state index in [1.54, 1.807) is 60.7 Å². The van der Waals surface area contributed by atoms with Crippen LogP contribution in [0.2, 0.25) is 10.0 Å². The van der Waals surface area contributed by atoms with Crippen LogP contribution >= 0.6 is 23.2 Å². The smallest absolute Gasteiger partial charge is 0.259 e. The predicted molar refractivity (Wildman–Crippen MR) is 240 cm³/mol. The maximum Gasteiger partial charge on any atom is 0.259 e. The van der Waals surface area contributed by atoms with Gasteiger partial charge in [0.05, 0.1) is 21.2 Å². The van der Waals surface area contributed by atoms with Gasteiger partial charge in [0.1, 0.15) is 22.7 Å². The van der Waals surface area contributed by atoms with Gasteiger partial charge in [-0.05, 0) is 95.4 Å². The van der Waals surface area contributed by atoms with Crippen LogP contribution in [0.15, 0.2) is 166 Å². The summed E-state index contributed by atoms with van der Waals surface area (Å²) in [5.74, 6) is -1.68. The Labute approximate surface area is 354 Å². The normalized spacial score (nSPS) is 11.5. The second-order valence-corrected chi connectivity index (χ2v) is 14.7. The van der Waals surface area contributed by atoms with Crippen LogP contribution in [-0.4, -0.2) is 22.0 Å². The third-order valence-corrected chi connectivity index (χ3v) is 10.9. The van der Waals surface area contributed by atoms with Crippen LogP contribution in [0, 0.1) is 13.8 Å². The number of aromatic hydroxyl groups is 2. The molecule has 0 bridgehead atoms. The molecule has 12 heteroatoms. The van der Waals surface area contributed by atoms with Crippen molar-refractivity contribution >= 4 is 90.7 Å². The van der Waals surface area contributed by atoms with E-state index in [1.165, 1.54) is 0 Å². The number of amides is 2. The average molecular weight is 830 g/mol. The fraction of sp³-hybridized carbons (Fsp3) is 0.0417. The van der Waals surface area contributed by atoms with Gasteiger partial charge in [0, 0.05) is 22.1 Å². The lowest BCUT2D eigenvalue weighted by Crippen LogP contribution is -2.12. The van der Waals surface area contributed by atoms with Crippen LogP contribution in [0.5, 0.6) is 11.5 Å². The highest BCUT2D eigenvalue weighted by atomic mass is 35.5. The number of halogens is 2. The van der Waals surface area contributed by atoms with Gasteiger partial charge in [0.15, 0.2) is 11.5 Å². The van der Waals surface area contributed by atoms with Crippen LogP contribution in [0.25, 0.3) is 32.7 Å². The maximum atomic E-state index is 13.6. The third kappa shape index (κ3) is 8.02. The zero-order chi connectivity index (χ0) is 41.9. The predicted octanol–water partition coefficient (Wildman–Crippen LogP) is 14.3. The largest absolute Gasteiger partial charge is 0.505 e. The first-order valence-electron chi connectivity index (χ1n) is 18.7. The second-order valence-electron chi connectivity index (χ2n) is 14.0. The SMILES string of the molecule is Cc1cccc(N=Nc2c(O)c(C(=O)Nc3ccc(-c4ccc(NC(=O)c5cc6ccccc6c(N=Nc6cccc(C)c6Cl)c5O)cc4)cc3)cc3ccccc23)c1Cl. The average Bonchev–Trinajstić information content (AvgIpc) is 3.26. The van der Waals surface area contributed by atoms with Crippen molar-refractivity contribution in [2.24, 2.45) is 20.5 Å². The summed E-state index contributed by atoms with van der Waals surface area (Å²) in [5.41, 5.74) is 5.63. The molecule has 8 aromatic carbocycles. The van der Waals surface area contributed by atoms with Gasteiger partial charge in [-0.1, -0.05) is 120 Å². The van der Waals surface area contributed by atoms with E-state index in [2.05, 4.69) is 31.1 Å². The number of azo groups is 2. The van der Waals surface area contributed by atoms with Crippen molar-refractivity contribution in [3.8, 4) is 22.6 Å². The summed E-state index contributed by atoms with van der Waals surface area (Å²) in [6, 6.07) is 43.0. The number of fused-ring (bicyclic) bond motifs is 2. The van der Waals surface area contributed by atoms with Gasteiger partial charge in [0.2, 0.25) is 0 Å². The Balaban J connectivity index is 0.979. The van der Waals surface area contributed by atoms with E-state index in [9.17, 15) is 19.8 Å². The van der Waals surface area contributed by atoms with Crippen LogP contribution < -0.4 is 10.6 Å². The van der Waals surface area contributed by atoms with Crippen molar-refractivity contribution in [1.29, 1.82) is 0 Å². The topological polar surface area (TPSA) is 148 Å². The summed E-state index contributed by atoms with van der Waals surface area (Å²) < 4.78 is 0. The summed E-state index contributed by atoms with van der Waals surface area (Å²) in [6.07, 6.45) is 0. The van der Waals surface area contributed by atoms with Crippen molar-refractivity contribution in [2.75, 3.05) is 10.6 Å². The van der Waals surface area contributed by atoms with Crippen LogP contribution in [0.3, 0.4) is 0 Å². The highest BCUT2D eigenvalue weighted by molar-refractivity contribution is 6.34. The van der Waals surface area contributed by atoms with Gasteiger partial charge in [-0.2, -0.15) is 0 Å². The fourth-order valence-corrected chi connectivity index (χ4v) is 7.03. The minimum Gasteiger partial charge on any atom is -0.505 e. The molecule has 0 heterocycles. The summed E-state index contributed by atoms with van der Waals surface area (Å²) in [7, 11) is 0. The molecule has 10 nitrogen and oxygen atoms in total. The highest BCUT2D eigenvalue weighted by Gasteiger charge is 2.21. The molecule has 4 N–H and O–H groups in total. The third-order valence-electron chi connectivity index (χ3n) is 9.96. The lowest BCUT2D eigenvalue weighted by atomic mass is 10.0. The number of phenols is 2. The fourth-order valence-electron chi connectivity index (χ4n) is 6.70. The number of hydrogen-bond donors (Lipinski definition) is 4. The number of nitrogens with one attached hydrogen (secondary N) is 2. The molecule has 0 atom stereocenters. The molecule has 0 aliphatic rings. The van der Waals surface area contributed by atoms with Crippen molar-refractivity contribution in [3.63, 3.8) is 0 Å². The van der Waals surface area contributed by atoms with Crippen molar-refractivity contribution in [1.82, 2.24) is 0 Å². The molecule has 8 aromatic rings. The molecule has 0 fully saturated rings. The summed E-state index contributed by atoms with van der Waals surface area (Å²) >= 11 is 12.9. The molecule has 0 unspecified atom stereocenters. The minimum atomic E-state index is -0.528. The maximum absolute atomic E-state index is 13.6. The minimum absolute atomic E-state index is 0.0319. The van der Waals surface area contributed by atoms with E-state index in [1.807, 2.05) is 98.8 Å². The van der Waals surface area contributed by atoms with E-state index in [0.717, 1.165) is 22.3 Å². The Hall–Kier alpha value is -7.40. The first kappa shape index (κ1) is 39.4. The number of hydrogen-bond acceptors (Lipinski definition) is 8. The molecule has 60 heavy (non-hydrogen) atoms. The Morgan fingerprint density at radius 3 is 1.27 bits per heavy atom. The van der Waals surface area contributed by atoms with Crippen molar-refractivity contribution < 1.29 is 19.8 Å². The summed E-state index contributed by atoms with van der Waals surface area (Å²) in [6.45, 7) is 3.72. The molecule has 2 amide bonds. The molecule has 0 saturated carbocycles. The van der Waals surface area contributed by atoms with Gasteiger partial charge in [-0.25, -0.2) is 0 Å². The van der Waals surface area contributed by atoms with Gasteiger partial charge < -0.3 is 20.8 Å². The van der Waals surface area contributed by atoms with E-state index in [4.69, 9.17) is 23.2 Å². The second kappa shape index (κ2) is 16.8. The molecule has 0 aromatic heterocycles. The molecule has 294 valence electrons. The standard InChI is InChI=1S/C48H34Cl2N6O4/c1-27-9-7-15-39(41(27)49)53-55-43-35-13-5-3-11-31(35)25-37(45(43)57)47(59)51-33-21-17-29(18-22-33)30-19-23-34(24-20-30)52-48(60)38-26-32-12-4-6-14-36(32)44(46(38)58)56-54-40-16-8-10-28(2)42(40)50/h3-26,57-58H,1-2H3,(H,51,59)(H,52,60). The summed E-state index contributed by atoms with van der Waals surface area (Å²) in [5, 5.41) is 49.2. The zero-order valence-electron chi connectivity index (χ0n) is 32.1. The van der Waals surface area contributed by atoms with Gasteiger partial charge in [0.25, 0.3) is 11.8 Å². The van der Waals surface area contributed by atoms with Crippen LogP contribution in [0.4, 0.5) is 34.1 Å². The van der Waals surface area contributed by atoms with E-state index < -0.39 is 11.8 Å². The quantitative estimate of drug-likeness (QED) is 0.107. The highest BCUT2D eigenvalue weighted by Crippen LogP contribution is 2.42. The molecular weight excluding hydrogens is 795 g/mol. The Morgan fingerprint density at radius 1 is 0.483 bits per heavy atom. The monoisotopic (exact) mass is 828 g/mol. The summed E-state index contributed by atoms with van der Waals surface area (Å²) in [4.78, 5) is 27.2. The Bertz CT molecular complexity index is 2830. The molecular formula is C48H34Cl2N6O4. The number of carbonyl (C=O) groups is 2. The van der Waals surface area contributed by atoms with Crippen molar-refractivity contribution in [2.45, 2.75) is 13.8 Å². The number of benzene rings is 8. The van der Waals surface area contributed by atoms with Gasteiger partial charge in [-0.15, -0.1) is 20.5 Å². The molecule has 0 radical (unpaired) electrons. The molecule has 0 saturated heterocycles. The number of rotatable bonds is 9. The lowest BCUT2D eigenvalue weighted by Gasteiger charge is -2.12. The van der Waals surface area contributed by atoms with E-state index >= 15 is 0 Å². The van der Waals surface area contributed by atoms with Crippen LogP contribution in [0.1, 0.15) is 31.8 Å². The molecule has 0 aliphatic heterocycles. The number of carbonyl (C=O) groups excluding carboxylic acids is 2. The van der Waals surface area contributed by atoms with Gasteiger partial charge >= 0.3 is 0 Å². The van der Waals surface area contributed by atoms with Crippen molar-refractivity contribution in [3.05, 3.63) is 178 Å². The first-order chi connectivity index (χ1) is 29.0. The molecule has 0 aliphatic carbocycles. The van der Waals surface area contributed by atoms with Crippen LogP contribution in [-0.2, 0) is 0 Å². The Kier molecular flexibility index (Phi) is 11.1. The van der Waals surface area contributed by atoms with Gasteiger partial charge in [-0.3, -0.25) is 9.59 Å². The zero-order valence-corrected chi connectivity index (χ0v) is 33.6. The molecule has 8 rings (SSSR count). The lowest BCUT2D eigenvalue weighted by molar-refractivity contribution is 0.101. The Morgan fingerprint density at radius 2 is 0.867 bits per heavy atom.